The summed E-state index contributed by atoms with van der Waals surface area (Å²) in [4.78, 5) is 75.3. The van der Waals surface area contributed by atoms with Gasteiger partial charge in [0.15, 0.2) is 16.9 Å². The number of carbonyl (C=O) groups is 5. The van der Waals surface area contributed by atoms with Crippen LogP contribution in [0.5, 0.6) is 0 Å². The number of oxime groups is 1. The Hall–Kier alpha value is -4.67. The van der Waals surface area contributed by atoms with Crippen molar-refractivity contribution in [1.82, 2.24) is 15.2 Å². The van der Waals surface area contributed by atoms with E-state index >= 15 is 0 Å². The van der Waals surface area contributed by atoms with E-state index < -0.39 is 53.5 Å². The van der Waals surface area contributed by atoms with E-state index in [9.17, 15) is 24.0 Å². The zero-order valence-electron chi connectivity index (χ0n) is 27.6. The van der Waals surface area contributed by atoms with Gasteiger partial charge in [-0.1, -0.05) is 65.8 Å². The predicted molar refractivity (Wildman–Crippen MR) is 191 cm³/mol. The summed E-state index contributed by atoms with van der Waals surface area (Å²) in [6.07, 6.45) is 1.62. The van der Waals surface area contributed by atoms with Gasteiger partial charge < -0.3 is 24.9 Å². The number of fused-ring (bicyclic) bond motifs is 1. The molecule has 0 spiro atoms. The first kappa shape index (κ1) is 36.6. The van der Waals surface area contributed by atoms with E-state index in [1.54, 1.807) is 20.8 Å². The van der Waals surface area contributed by atoms with E-state index in [1.807, 2.05) is 66.9 Å². The summed E-state index contributed by atoms with van der Waals surface area (Å²) >= 11 is 3.96. The van der Waals surface area contributed by atoms with Crippen LogP contribution in [0, 0.1) is 0 Å². The van der Waals surface area contributed by atoms with Crippen LogP contribution in [0.3, 0.4) is 0 Å². The van der Waals surface area contributed by atoms with Crippen LogP contribution >= 0.6 is 34.9 Å². The molecule has 5 rings (SSSR count). The quantitative estimate of drug-likeness (QED) is 0.0804. The van der Waals surface area contributed by atoms with Gasteiger partial charge in [-0.3, -0.25) is 19.3 Å². The van der Waals surface area contributed by atoms with E-state index in [4.69, 9.17) is 14.3 Å². The van der Waals surface area contributed by atoms with Gasteiger partial charge in [-0.05, 0) is 43.7 Å². The number of rotatable bonds is 14. The first-order valence-corrected chi connectivity index (χ1v) is 18.7. The summed E-state index contributed by atoms with van der Waals surface area (Å²) in [6, 6.07) is 17.7. The zero-order valence-corrected chi connectivity index (χ0v) is 30.1. The second kappa shape index (κ2) is 16.4. The van der Waals surface area contributed by atoms with Crippen molar-refractivity contribution < 1.29 is 38.3 Å². The van der Waals surface area contributed by atoms with Gasteiger partial charge in [-0.15, -0.1) is 23.1 Å². The molecule has 2 aliphatic rings. The Kier molecular flexibility index (Phi) is 12.0. The Morgan fingerprint density at radius 1 is 1.10 bits per heavy atom. The number of thioether (sulfide) groups is 2. The molecular formula is C34H35N5O8S3. The molecule has 1 aromatic heterocycles. The molecule has 13 nitrogen and oxygen atoms in total. The van der Waals surface area contributed by atoms with Gasteiger partial charge in [-0.25, -0.2) is 14.6 Å². The Bertz CT molecular complexity index is 1750. The molecule has 3 heterocycles. The number of anilines is 1. The van der Waals surface area contributed by atoms with Crippen molar-refractivity contribution in [3.05, 3.63) is 94.1 Å². The van der Waals surface area contributed by atoms with Crippen LogP contribution in [-0.4, -0.2) is 87.1 Å². The summed E-state index contributed by atoms with van der Waals surface area (Å²) in [7, 11) is 0. The molecule has 2 N–H and O–H groups in total. The molecule has 3 amide bonds. The molecule has 0 bridgehead atoms. The maximum Gasteiger partial charge on any atom is 0.356 e. The number of hydrogen-bond donors (Lipinski definition) is 2. The van der Waals surface area contributed by atoms with E-state index in [0.717, 1.165) is 28.0 Å². The number of thiazole rings is 1. The van der Waals surface area contributed by atoms with Crippen molar-refractivity contribution in [2.75, 3.05) is 29.7 Å². The van der Waals surface area contributed by atoms with Gasteiger partial charge in [0.1, 0.15) is 28.4 Å². The lowest BCUT2D eigenvalue weighted by Crippen LogP contribution is -2.71. The molecule has 2 aromatic carbocycles. The van der Waals surface area contributed by atoms with Crippen molar-refractivity contribution in [2.24, 2.45) is 5.16 Å². The molecule has 0 radical (unpaired) electrons. The molecule has 0 aliphatic carbocycles. The van der Waals surface area contributed by atoms with Crippen LogP contribution in [0.1, 0.15) is 43.7 Å². The molecule has 16 heteroatoms. The number of nitrogens with one attached hydrogen (secondary N) is 2. The smallest absolute Gasteiger partial charge is 0.356 e. The number of ether oxygens (including phenoxy) is 2. The first-order chi connectivity index (χ1) is 24.0. The second-order valence-electron chi connectivity index (χ2n) is 12.0. The number of carbonyl (C=O) groups excluding carboxylic acids is 5. The predicted octanol–water partition coefficient (Wildman–Crippen LogP) is 4.12. The largest absolute Gasteiger partial charge is 0.457 e. The van der Waals surface area contributed by atoms with Crippen LogP contribution in [0.15, 0.2) is 82.5 Å². The fourth-order valence-electron chi connectivity index (χ4n) is 5.14. The van der Waals surface area contributed by atoms with Crippen molar-refractivity contribution in [1.29, 1.82) is 0 Å². The molecule has 1 saturated heterocycles. The van der Waals surface area contributed by atoms with E-state index in [0.29, 0.717) is 17.9 Å². The Morgan fingerprint density at radius 3 is 2.36 bits per heavy atom. The fraction of sp³-hybridized carbons (Fsp3) is 0.324. The minimum absolute atomic E-state index is 0.0419. The maximum atomic E-state index is 14.0. The van der Waals surface area contributed by atoms with Gasteiger partial charge in [-0.2, -0.15) is 11.8 Å². The van der Waals surface area contributed by atoms with E-state index in [-0.39, 0.29) is 22.2 Å². The number of β-lactam (4-membered cyclic amide) rings is 1. The highest BCUT2D eigenvalue weighted by Gasteiger charge is 2.55. The summed E-state index contributed by atoms with van der Waals surface area (Å²) in [5.41, 5.74) is 1.40. The van der Waals surface area contributed by atoms with Gasteiger partial charge in [0.25, 0.3) is 11.8 Å². The summed E-state index contributed by atoms with van der Waals surface area (Å²) in [6.45, 7) is 4.50. The number of hydrogen-bond acceptors (Lipinski definition) is 13. The Balaban J connectivity index is 1.36. The number of amides is 3. The highest BCUT2D eigenvalue weighted by molar-refractivity contribution is 8.00. The number of aromatic nitrogens is 1. The molecule has 50 heavy (non-hydrogen) atoms. The van der Waals surface area contributed by atoms with Crippen molar-refractivity contribution >= 4 is 75.9 Å². The summed E-state index contributed by atoms with van der Waals surface area (Å²) < 4.78 is 11.4. The molecule has 2 atom stereocenters. The SMILES string of the molecule is CSCC1=C(C(=O)OC(c2ccccc2)c2ccccc2)N2C(=O)C(NC(=O)/C(=N/OCC(=O)OC(C)(C)C)c3csc(NC=O)n3)[C@H]2SC1. The number of esters is 2. The monoisotopic (exact) mass is 737 g/mol. The second-order valence-corrected chi connectivity index (χ2v) is 14.8. The Morgan fingerprint density at radius 2 is 1.76 bits per heavy atom. The molecule has 1 fully saturated rings. The number of nitrogens with zero attached hydrogens (tertiary/aromatic N) is 3. The third kappa shape index (κ3) is 8.73. The normalized spacial score (nSPS) is 17.4. The molecule has 1 unspecified atom stereocenters. The highest BCUT2D eigenvalue weighted by Crippen LogP contribution is 2.42. The highest BCUT2D eigenvalue weighted by atomic mass is 32.2. The van der Waals surface area contributed by atoms with Gasteiger partial charge in [0.2, 0.25) is 13.0 Å². The Labute approximate surface area is 301 Å². The van der Waals surface area contributed by atoms with Crippen LogP contribution in [0.25, 0.3) is 0 Å². The molecule has 2 aliphatic heterocycles. The molecule has 262 valence electrons. The van der Waals surface area contributed by atoms with Crippen LogP contribution in [0.4, 0.5) is 5.13 Å². The van der Waals surface area contributed by atoms with Crippen molar-refractivity contribution in [2.45, 2.75) is 43.9 Å². The first-order valence-electron chi connectivity index (χ1n) is 15.4. The minimum atomic E-state index is -1.02. The molecule has 0 saturated carbocycles. The standard InChI is InChI=1S/C34H35N5O8S3/c1-34(2,3)47-24(41)15-45-38-25(23-18-50-33(36-23)35-19-40)29(42)37-26-30(43)39-27(22(16-48-4)17-49-31(26)39)32(44)46-28(20-11-7-5-8-12-20)21-13-9-6-10-14-21/h5-14,18-19,26,28,31H,15-17H2,1-4H3,(H,37,42)(H,35,36,40)/b38-25+/t26?,31-/m1/s1. The lowest BCUT2D eigenvalue weighted by atomic mass is 10.0. The topological polar surface area (TPSA) is 166 Å². The van der Waals surface area contributed by atoms with Crippen LogP contribution in [-0.2, 0) is 38.3 Å². The van der Waals surface area contributed by atoms with Gasteiger partial charge >= 0.3 is 11.9 Å². The third-order valence-corrected chi connectivity index (χ3v) is 9.93. The minimum Gasteiger partial charge on any atom is -0.457 e. The van der Waals surface area contributed by atoms with Gasteiger partial charge in [0.05, 0.1) is 0 Å². The van der Waals surface area contributed by atoms with Crippen LogP contribution in [0.2, 0.25) is 0 Å². The van der Waals surface area contributed by atoms with E-state index in [2.05, 4.69) is 20.8 Å². The zero-order chi connectivity index (χ0) is 35.8. The van der Waals surface area contributed by atoms with Crippen LogP contribution < -0.4 is 10.6 Å². The van der Waals surface area contributed by atoms with Crippen molar-refractivity contribution in [3.63, 3.8) is 0 Å². The number of benzene rings is 2. The fourth-order valence-corrected chi connectivity index (χ4v) is 7.86. The third-order valence-electron chi connectivity index (χ3n) is 7.18. The lowest BCUT2D eigenvalue weighted by molar-refractivity contribution is -0.160. The maximum absolute atomic E-state index is 14.0. The molecular weight excluding hydrogens is 703 g/mol. The average Bonchev–Trinajstić information content (AvgIpc) is 3.56. The molecule has 3 aromatic rings. The summed E-state index contributed by atoms with van der Waals surface area (Å²) in [5.74, 6) is -1.75. The van der Waals surface area contributed by atoms with Crippen molar-refractivity contribution in [3.8, 4) is 0 Å². The van der Waals surface area contributed by atoms with Gasteiger partial charge in [0, 0.05) is 16.9 Å². The van der Waals surface area contributed by atoms with E-state index in [1.165, 1.54) is 33.8 Å². The summed E-state index contributed by atoms with van der Waals surface area (Å²) in [5, 5.41) is 10.0. The average molecular weight is 738 g/mol. The lowest BCUT2D eigenvalue weighted by Gasteiger charge is -2.49.